The van der Waals surface area contributed by atoms with E-state index in [-0.39, 0.29) is 0 Å². The Labute approximate surface area is 111 Å². The zero-order valence-electron chi connectivity index (χ0n) is 12.0. The second kappa shape index (κ2) is 5.72. The van der Waals surface area contributed by atoms with Crippen molar-refractivity contribution < 1.29 is 0 Å². The van der Waals surface area contributed by atoms with Crippen LogP contribution in [0.3, 0.4) is 0 Å². The molecule has 1 unspecified atom stereocenters. The first-order valence-electron chi connectivity index (χ1n) is 6.78. The maximum atomic E-state index is 3.29. The van der Waals surface area contributed by atoms with Crippen LogP contribution < -0.4 is 10.2 Å². The van der Waals surface area contributed by atoms with E-state index in [1.54, 1.807) is 0 Å². The van der Waals surface area contributed by atoms with Gasteiger partial charge in [0.05, 0.1) is 0 Å². The van der Waals surface area contributed by atoms with Crippen LogP contribution in [-0.4, -0.2) is 51.2 Å². The van der Waals surface area contributed by atoms with Crippen molar-refractivity contribution in [1.29, 1.82) is 0 Å². The molecule has 3 nitrogen and oxygen atoms in total. The maximum Gasteiger partial charge on any atom is 0.0393 e. The number of likely N-dealkylation sites (N-methyl/N-ethyl adjacent to an activating group) is 2. The third-order valence-electron chi connectivity index (χ3n) is 3.79. The molecule has 0 radical (unpaired) electrons. The summed E-state index contributed by atoms with van der Waals surface area (Å²) in [6.07, 6.45) is 0. The van der Waals surface area contributed by atoms with Crippen LogP contribution >= 0.6 is 0 Å². The van der Waals surface area contributed by atoms with Crippen molar-refractivity contribution >= 4 is 5.69 Å². The molecule has 100 valence electrons. The fourth-order valence-corrected chi connectivity index (χ4v) is 2.77. The van der Waals surface area contributed by atoms with Crippen LogP contribution in [0.5, 0.6) is 0 Å². The Bertz CT molecular complexity index is 382. The van der Waals surface area contributed by atoms with Gasteiger partial charge in [-0.2, -0.15) is 0 Å². The van der Waals surface area contributed by atoms with Gasteiger partial charge in [-0.3, -0.25) is 4.90 Å². The summed E-state index contributed by atoms with van der Waals surface area (Å²) in [4.78, 5) is 4.97. The molecule has 3 heteroatoms. The molecule has 1 atom stereocenters. The Balaban J connectivity index is 2.13. The highest BCUT2D eigenvalue weighted by Gasteiger charge is 2.23. The fraction of sp³-hybridized carbons (Fsp3) is 0.600. The van der Waals surface area contributed by atoms with Gasteiger partial charge in [0.15, 0.2) is 0 Å². The quantitative estimate of drug-likeness (QED) is 0.876. The Kier molecular flexibility index (Phi) is 4.25. The topological polar surface area (TPSA) is 18.5 Å². The molecule has 1 aromatic rings. The smallest absolute Gasteiger partial charge is 0.0393 e. The Morgan fingerprint density at radius 1 is 1.17 bits per heavy atom. The molecule has 0 saturated carbocycles. The molecule has 1 N–H and O–H groups in total. The third kappa shape index (κ3) is 3.03. The number of nitrogens with zero attached hydrogens (tertiary/aromatic N) is 2. The lowest BCUT2D eigenvalue weighted by Gasteiger charge is -2.40. The molecular weight excluding hydrogens is 222 g/mol. The van der Waals surface area contributed by atoms with Crippen molar-refractivity contribution in [2.24, 2.45) is 0 Å². The van der Waals surface area contributed by atoms with E-state index in [9.17, 15) is 0 Å². The van der Waals surface area contributed by atoms with Gasteiger partial charge in [-0.1, -0.05) is 6.07 Å². The van der Waals surface area contributed by atoms with Gasteiger partial charge < -0.3 is 10.2 Å². The van der Waals surface area contributed by atoms with Crippen molar-refractivity contribution in [1.82, 2.24) is 10.2 Å². The highest BCUT2D eigenvalue weighted by Crippen LogP contribution is 2.21. The largest absolute Gasteiger partial charge is 0.369 e. The summed E-state index contributed by atoms with van der Waals surface area (Å²) in [6.45, 7) is 8.78. The van der Waals surface area contributed by atoms with Crippen LogP contribution in [0.25, 0.3) is 0 Å². The lowest BCUT2D eigenvalue weighted by molar-refractivity contribution is 0.216. The molecular formula is C15H25N3. The first-order valence-corrected chi connectivity index (χ1v) is 6.78. The van der Waals surface area contributed by atoms with Gasteiger partial charge in [-0.15, -0.1) is 0 Å². The lowest BCUT2D eigenvalue weighted by atomic mass is 10.1. The predicted molar refractivity (Wildman–Crippen MR) is 78.5 cm³/mol. The minimum atomic E-state index is 0.601. The average Bonchev–Trinajstić information content (AvgIpc) is 2.31. The summed E-state index contributed by atoms with van der Waals surface area (Å²) in [5.74, 6) is 0. The second-order valence-corrected chi connectivity index (χ2v) is 5.48. The molecule has 1 aliphatic heterocycles. The number of benzene rings is 1. The maximum absolute atomic E-state index is 3.29. The van der Waals surface area contributed by atoms with Crippen LogP contribution in [0.1, 0.15) is 11.1 Å². The summed E-state index contributed by atoms with van der Waals surface area (Å²) < 4.78 is 0. The highest BCUT2D eigenvalue weighted by atomic mass is 15.3. The molecule has 0 spiro atoms. The normalized spacial score (nSPS) is 21.3. The second-order valence-electron chi connectivity index (χ2n) is 5.48. The van der Waals surface area contributed by atoms with E-state index in [0.29, 0.717) is 6.04 Å². The zero-order chi connectivity index (χ0) is 13.1. The number of hydrogen-bond acceptors (Lipinski definition) is 3. The Morgan fingerprint density at radius 3 is 2.44 bits per heavy atom. The number of anilines is 1. The fourth-order valence-electron chi connectivity index (χ4n) is 2.77. The summed E-state index contributed by atoms with van der Waals surface area (Å²) in [7, 11) is 4.25. The minimum Gasteiger partial charge on any atom is -0.369 e. The van der Waals surface area contributed by atoms with E-state index >= 15 is 0 Å². The van der Waals surface area contributed by atoms with Gasteiger partial charge in [0, 0.05) is 37.9 Å². The summed E-state index contributed by atoms with van der Waals surface area (Å²) in [5.41, 5.74) is 4.09. The highest BCUT2D eigenvalue weighted by molar-refractivity contribution is 5.51. The van der Waals surface area contributed by atoms with E-state index in [0.717, 1.165) is 26.2 Å². The monoisotopic (exact) mass is 247 g/mol. The average molecular weight is 247 g/mol. The van der Waals surface area contributed by atoms with Gasteiger partial charge in [0.25, 0.3) is 0 Å². The molecule has 1 heterocycles. The van der Waals surface area contributed by atoms with Gasteiger partial charge in [-0.05, 0) is 51.2 Å². The van der Waals surface area contributed by atoms with Crippen LogP contribution in [-0.2, 0) is 0 Å². The van der Waals surface area contributed by atoms with Gasteiger partial charge in [-0.25, -0.2) is 0 Å². The molecule has 1 saturated heterocycles. The molecule has 0 aliphatic carbocycles. The first-order chi connectivity index (χ1) is 8.60. The van der Waals surface area contributed by atoms with E-state index in [2.05, 4.69) is 54.2 Å². The molecule has 0 bridgehead atoms. The summed E-state index contributed by atoms with van der Waals surface area (Å²) in [5, 5.41) is 3.29. The van der Waals surface area contributed by atoms with E-state index in [4.69, 9.17) is 0 Å². The molecule has 0 amide bonds. The molecule has 0 aromatic heterocycles. The van der Waals surface area contributed by atoms with Gasteiger partial charge in [0.1, 0.15) is 0 Å². The number of rotatable bonds is 3. The standard InChI is InChI=1S/C15H25N3/c1-12-7-13(2)9-14(8-12)18-6-5-17(4)15(11-18)10-16-3/h7-9,15-16H,5-6,10-11H2,1-4H3. The van der Waals surface area contributed by atoms with Gasteiger partial charge >= 0.3 is 0 Å². The van der Waals surface area contributed by atoms with Crippen molar-refractivity contribution in [3.05, 3.63) is 29.3 Å². The third-order valence-corrected chi connectivity index (χ3v) is 3.79. The van der Waals surface area contributed by atoms with Crippen LogP contribution in [0.4, 0.5) is 5.69 Å². The van der Waals surface area contributed by atoms with Crippen molar-refractivity contribution in [3.63, 3.8) is 0 Å². The summed E-state index contributed by atoms with van der Waals surface area (Å²) >= 11 is 0. The lowest BCUT2D eigenvalue weighted by Crippen LogP contribution is -2.54. The van der Waals surface area contributed by atoms with E-state index in [1.807, 2.05) is 7.05 Å². The Hall–Kier alpha value is -1.06. The first kappa shape index (κ1) is 13.4. The molecule has 18 heavy (non-hydrogen) atoms. The SMILES string of the molecule is CNCC1CN(c2cc(C)cc(C)c2)CCN1C. The number of piperazine rings is 1. The number of hydrogen-bond donors (Lipinski definition) is 1. The van der Waals surface area contributed by atoms with Crippen molar-refractivity contribution in [2.75, 3.05) is 45.2 Å². The van der Waals surface area contributed by atoms with E-state index < -0.39 is 0 Å². The van der Waals surface area contributed by atoms with Crippen LogP contribution in [0.2, 0.25) is 0 Å². The predicted octanol–water partition coefficient (Wildman–Crippen LogP) is 1.64. The molecule has 1 aromatic carbocycles. The van der Waals surface area contributed by atoms with Crippen LogP contribution in [0.15, 0.2) is 18.2 Å². The molecule has 2 rings (SSSR count). The van der Waals surface area contributed by atoms with Crippen molar-refractivity contribution in [2.45, 2.75) is 19.9 Å². The zero-order valence-corrected chi connectivity index (χ0v) is 12.0. The molecule has 1 fully saturated rings. The van der Waals surface area contributed by atoms with Crippen LogP contribution in [0, 0.1) is 13.8 Å². The Morgan fingerprint density at radius 2 is 1.83 bits per heavy atom. The summed E-state index contributed by atoms with van der Waals surface area (Å²) in [6, 6.07) is 7.44. The van der Waals surface area contributed by atoms with Crippen molar-refractivity contribution in [3.8, 4) is 0 Å². The number of aryl methyl sites for hydroxylation is 2. The van der Waals surface area contributed by atoms with Gasteiger partial charge in [0.2, 0.25) is 0 Å². The minimum absolute atomic E-state index is 0.601. The molecule has 1 aliphatic rings. The van der Waals surface area contributed by atoms with E-state index in [1.165, 1.54) is 16.8 Å². The number of nitrogens with one attached hydrogen (secondary N) is 1.